The van der Waals surface area contributed by atoms with Gasteiger partial charge in [0.2, 0.25) is 0 Å². The van der Waals surface area contributed by atoms with Gasteiger partial charge in [0.15, 0.2) is 0 Å². The molecule has 0 bridgehead atoms. The van der Waals surface area contributed by atoms with Crippen molar-refractivity contribution in [3.05, 3.63) is 23.8 Å². The number of ether oxygens (including phenoxy) is 1. The predicted molar refractivity (Wildman–Crippen MR) is 73.1 cm³/mol. The number of amides is 1. The van der Waals surface area contributed by atoms with Crippen molar-refractivity contribution in [3.63, 3.8) is 0 Å². The Labute approximate surface area is 112 Å². The van der Waals surface area contributed by atoms with E-state index in [1.165, 1.54) is 0 Å². The number of hydrogen-bond acceptors (Lipinski definition) is 4. The van der Waals surface area contributed by atoms with Crippen molar-refractivity contribution >= 4 is 11.6 Å². The summed E-state index contributed by atoms with van der Waals surface area (Å²) in [6.45, 7) is 0.110. The van der Waals surface area contributed by atoms with Gasteiger partial charge in [-0.3, -0.25) is 4.79 Å². The van der Waals surface area contributed by atoms with Crippen molar-refractivity contribution in [2.24, 2.45) is 5.92 Å². The van der Waals surface area contributed by atoms with Crippen LogP contribution in [0.15, 0.2) is 18.2 Å². The van der Waals surface area contributed by atoms with Crippen molar-refractivity contribution in [3.8, 4) is 5.75 Å². The number of benzene rings is 1. The lowest BCUT2D eigenvalue weighted by Crippen LogP contribution is -2.38. The van der Waals surface area contributed by atoms with E-state index in [0.717, 1.165) is 19.3 Å². The average Bonchev–Trinajstić information content (AvgIpc) is 2.86. The van der Waals surface area contributed by atoms with E-state index in [9.17, 15) is 9.90 Å². The van der Waals surface area contributed by atoms with Gasteiger partial charge in [0.05, 0.1) is 12.7 Å². The molecule has 1 fully saturated rings. The summed E-state index contributed by atoms with van der Waals surface area (Å²) in [6, 6.07) is 5.04. The number of nitrogens with two attached hydrogens (primary N) is 1. The second-order valence-electron chi connectivity index (χ2n) is 4.91. The maximum Gasteiger partial charge on any atom is 0.253 e. The van der Waals surface area contributed by atoms with Crippen LogP contribution in [0.2, 0.25) is 0 Å². The van der Waals surface area contributed by atoms with E-state index in [4.69, 9.17) is 10.5 Å². The van der Waals surface area contributed by atoms with Gasteiger partial charge in [0.25, 0.3) is 5.91 Å². The lowest BCUT2D eigenvalue weighted by atomic mass is 10.0. The number of aliphatic hydroxyl groups is 1. The molecule has 5 heteroatoms. The molecular formula is C14H20N2O3. The summed E-state index contributed by atoms with van der Waals surface area (Å²) in [7, 11) is 1.55. The number of nitrogens with one attached hydrogen (secondary N) is 1. The molecule has 0 spiro atoms. The van der Waals surface area contributed by atoms with Crippen LogP contribution in [0.5, 0.6) is 5.75 Å². The van der Waals surface area contributed by atoms with Crippen molar-refractivity contribution in [1.29, 1.82) is 0 Å². The number of anilines is 1. The van der Waals surface area contributed by atoms with Gasteiger partial charge in [0.1, 0.15) is 5.75 Å². The van der Waals surface area contributed by atoms with E-state index in [1.807, 2.05) is 0 Å². The van der Waals surface area contributed by atoms with Crippen molar-refractivity contribution in [2.75, 3.05) is 19.5 Å². The minimum atomic E-state index is -0.207. The van der Waals surface area contributed by atoms with E-state index in [2.05, 4.69) is 5.32 Å². The van der Waals surface area contributed by atoms with Crippen molar-refractivity contribution in [2.45, 2.75) is 25.3 Å². The molecule has 0 saturated heterocycles. The first-order valence-electron chi connectivity index (χ1n) is 6.51. The SMILES string of the molecule is COc1ccc(N)c(C(=O)NC2CCCC2CO)c1. The molecule has 2 rings (SSSR count). The fourth-order valence-electron chi connectivity index (χ4n) is 2.55. The van der Waals surface area contributed by atoms with Crippen LogP contribution in [0, 0.1) is 5.92 Å². The Morgan fingerprint density at radius 2 is 2.32 bits per heavy atom. The van der Waals surface area contributed by atoms with Crippen LogP contribution in [-0.4, -0.2) is 30.8 Å². The van der Waals surface area contributed by atoms with Crippen LogP contribution >= 0.6 is 0 Å². The average molecular weight is 264 g/mol. The molecule has 0 heterocycles. The number of rotatable bonds is 4. The molecule has 1 aliphatic rings. The van der Waals surface area contributed by atoms with Gasteiger partial charge in [-0.15, -0.1) is 0 Å². The topological polar surface area (TPSA) is 84.6 Å². The Bertz CT molecular complexity index is 462. The lowest BCUT2D eigenvalue weighted by molar-refractivity contribution is 0.0916. The van der Waals surface area contributed by atoms with Crippen LogP contribution in [0.4, 0.5) is 5.69 Å². The van der Waals surface area contributed by atoms with E-state index < -0.39 is 0 Å². The first kappa shape index (κ1) is 13.7. The Hall–Kier alpha value is -1.75. The second kappa shape index (κ2) is 5.93. The van der Waals surface area contributed by atoms with Gasteiger partial charge in [-0.25, -0.2) is 0 Å². The van der Waals surface area contributed by atoms with Gasteiger partial charge in [-0.2, -0.15) is 0 Å². The maximum absolute atomic E-state index is 12.2. The number of hydrogen-bond donors (Lipinski definition) is 3. The van der Waals surface area contributed by atoms with Gasteiger partial charge in [-0.05, 0) is 31.0 Å². The fraction of sp³-hybridized carbons (Fsp3) is 0.500. The Balaban J connectivity index is 2.11. The molecule has 1 aromatic carbocycles. The van der Waals surface area contributed by atoms with Crippen LogP contribution in [0.3, 0.4) is 0 Å². The Kier molecular flexibility index (Phi) is 4.27. The molecule has 1 aromatic rings. The predicted octanol–water partition coefficient (Wildman–Crippen LogP) is 1.17. The maximum atomic E-state index is 12.2. The van der Waals surface area contributed by atoms with Crippen LogP contribution in [-0.2, 0) is 0 Å². The molecule has 0 aliphatic heterocycles. The van der Waals surface area contributed by atoms with Crippen molar-refractivity contribution in [1.82, 2.24) is 5.32 Å². The molecule has 1 aliphatic carbocycles. The minimum absolute atomic E-state index is 0.0306. The molecule has 4 N–H and O–H groups in total. The summed E-state index contributed by atoms with van der Waals surface area (Å²) in [5.41, 5.74) is 6.67. The number of nitrogen functional groups attached to an aromatic ring is 1. The lowest BCUT2D eigenvalue weighted by Gasteiger charge is -2.19. The first-order valence-corrected chi connectivity index (χ1v) is 6.51. The van der Waals surface area contributed by atoms with E-state index in [1.54, 1.807) is 25.3 Å². The molecule has 0 aromatic heterocycles. The van der Waals surface area contributed by atoms with Gasteiger partial charge < -0.3 is 20.9 Å². The minimum Gasteiger partial charge on any atom is -0.497 e. The van der Waals surface area contributed by atoms with Crippen LogP contribution in [0.1, 0.15) is 29.6 Å². The summed E-state index contributed by atoms with van der Waals surface area (Å²) >= 11 is 0. The summed E-state index contributed by atoms with van der Waals surface area (Å²) < 4.78 is 5.10. The summed E-state index contributed by atoms with van der Waals surface area (Å²) in [5, 5.41) is 12.2. The zero-order valence-corrected chi connectivity index (χ0v) is 11.1. The highest BCUT2D eigenvalue weighted by atomic mass is 16.5. The normalized spacial score (nSPS) is 22.2. The third-order valence-corrected chi connectivity index (χ3v) is 3.72. The van der Waals surface area contributed by atoms with Gasteiger partial charge in [0, 0.05) is 24.3 Å². The largest absolute Gasteiger partial charge is 0.497 e. The first-order chi connectivity index (χ1) is 9.15. The molecule has 1 amide bonds. The Morgan fingerprint density at radius 1 is 1.53 bits per heavy atom. The molecule has 0 radical (unpaired) electrons. The summed E-state index contributed by atoms with van der Waals surface area (Å²) in [4.78, 5) is 12.2. The highest BCUT2D eigenvalue weighted by Crippen LogP contribution is 2.26. The zero-order valence-electron chi connectivity index (χ0n) is 11.1. The highest BCUT2D eigenvalue weighted by Gasteiger charge is 2.28. The number of carbonyl (C=O) groups is 1. The van der Waals surface area contributed by atoms with E-state index in [-0.39, 0.29) is 24.5 Å². The standard InChI is InChI=1S/C14H20N2O3/c1-19-10-5-6-12(15)11(7-10)14(18)16-13-4-2-3-9(13)8-17/h5-7,9,13,17H,2-4,8,15H2,1H3,(H,16,18). The van der Waals surface area contributed by atoms with E-state index in [0.29, 0.717) is 17.0 Å². The number of carbonyl (C=O) groups excluding carboxylic acids is 1. The monoisotopic (exact) mass is 264 g/mol. The molecule has 19 heavy (non-hydrogen) atoms. The van der Waals surface area contributed by atoms with Gasteiger partial charge in [-0.1, -0.05) is 6.42 Å². The third kappa shape index (κ3) is 2.98. The smallest absolute Gasteiger partial charge is 0.253 e. The summed E-state index contributed by atoms with van der Waals surface area (Å²) in [5.74, 6) is 0.544. The molecular weight excluding hydrogens is 244 g/mol. The quantitative estimate of drug-likeness (QED) is 0.713. The summed E-state index contributed by atoms with van der Waals surface area (Å²) in [6.07, 6.45) is 2.89. The molecule has 5 nitrogen and oxygen atoms in total. The third-order valence-electron chi connectivity index (χ3n) is 3.72. The van der Waals surface area contributed by atoms with E-state index >= 15 is 0 Å². The molecule has 104 valence electrons. The second-order valence-corrected chi connectivity index (χ2v) is 4.91. The number of methoxy groups -OCH3 is 1. The fourth-order valence-corrected chi connectivity index (χ4v) is 2.55. The Morgan fingerprint density at radius 3 is 3.00 bits per heavy atom. The van der Waals surface area contributed by atoms with Crippen LogP contribution in [0.25, 0.3) is 0 Å². The highest BCUT2D eigenvalue weighted by molar-refractivity contribution is 5.99. The van der Waals surface area contributed by atoms with Crippen molar-refractivity contribution < 1.29 is 14.6 Å². The molecule has 2 unspecified atom stereocenters. The molecule has 2 atom stereocenters. The van der Waals surface area contributed by atoms with Crippen LogP contribution < -0.4 is 15.8 Å². The number of aliphatic hydroxyl groups excluding tert-OH is 1. The molecule has 1 saturated carbocycles. The zero-order chi connectivity index (χ0) is 13.8. The van der Waals surface area contributed by atoms with Gasteiger partial charge >= 0.3 is 0 Å².